The molecule has 2 rings (SSSR count). The monoisotopic (exact) mass is 311 g/mol. The lowest BCUT2D eigenvalue weighted by molar-refractivity contribution is 0.341. The van der Waals surface area contributed by atoms with E-state index >= 15 is 0 Å². The third-order valence-corrected chi connectivity index (χ3v) is 3.96. The molecule has 4 heteroatoms. The fourth-order valence-corrected chi connectivity index (χ4v) is 2.91. The molecule has 0 amide bonds. The first-order valence-corrected chi connectivity index (χ1v) is 7.15. The van der Waals surface area contributed by atoms with Gasteiger partial charge in [0.25, 0.3) is 0 Å². The molecule has 2 nitrogen and oxygen atoms in total. The number of para-hydroxylation sites is 2. The summed E-state index contributed by atoms with van der Waals surface area (Å²) >= 11 is 5.19. The second-order valence-corrected chi connectivity index (χ2v) is 5.43. The maximum atomic E-state index is 5.56. The summed E-state index contributed by atoms with van der Waals surface area (Å²) in [6.07, 6.45) is 0. The van der Waals surface area contributed by atoms with Crippen molar-refractivity contribution in [3.05, 3.63) is 45.1 Å². The third-order valence-electron chi connectivity index (χ3n) is 2.26. The Kier molecular flexibility index (Phi) is 4.45. The molecule has 0 aliphatic rings. The molecule has 0 atom stereocenters. The van der Waals surface area contributed by atoms with Crippen molar-refractivity contribution >= 4 is 33.0 Å². The largest absolute Gasteiger partial charge is 0.492 e. The van der Waals surface area contributed by atoms with E-state index in [0.717, 1.165) is 22.5 Å². The average Bonchev–Trinajstić information content (AvgIpc) is 2.74. The summed E-state index contributed by atoms with van der Waals surface area (Å²) in [7, 11) is 0. The molecule has 2 aromatic rings. The lowest BCUT2D eigenvalue weighted by atomic mass is 10.3. The molecule has 90 valence electrons. The van der Waals surface area contributed by atoms with Gasteiger partial charge in [-0.05, 0) is 41.1 Å². The van der Waals surface area contributed by atoms with Gasteiger partial charge in [0, 0.05) is 21.3 Å². The van der Waals surface area contributed by atoms with E-state index in [9.17, 15) is 0 Å². The predicted octanol–water partition coefficient (Wildman–Crippen LogP) is 4.52. The van der Waals surface area contributed by atoms with E-state index in [-0.39, 0.29) is 0 Å². The number of anilines is 1. The van der Waals surface area contributed by atoms with Crippen LogP contribution >= 0.6 is 27.3 Å². The van der Waals surface area contributed by atoms with Crippen molar-refractivity contribution in [3.8, 4) is 5.75 Å². The van der Waals surface area contributed by atoms with Gasteiger partial charge < -0.3 is 10.1 Å². The van der Waals surface area contributed by atoms with Crippen LogP contribution in [0.1, 0.15) is 11.8 Å². The van der Waals surface area contributed by atoms with Gasteiger partial charge in [-0.1, -0.05) is 12.1 Å². The quantitative estimate of drug-likeness (QED) is 0.876. The van der Waals surface area contributed by atoms with Crippen LogP contribution in [0.3, 0.4) is 0 Å². The van der Waals surface area contributed by atoms with Crippen LogP contribution in [0.25, 0.3) is 0 Å². The zero-order valence-corrected chi connectivity index (χ0v) is 12.0. The predicted molar refractivity (Wildman–Crippen MR) is 77.0 cm³/mol. The minimum atomic E-state index is 0.684. The molecule has 0 saturated heterocycles. The SMILES string of the molecule is CCOc1ccccc1NCc1cc(Br)cs1. The van der Waals surface area contributed by atoms with Gasteiger partial charge in [0.1, 0.15) is 5.75 Å². The summed E-state index contributed by atoms with van der Waals surface area (Å²) in [5.41, 5.74) is 1.04. The minimum Gasteiger partial charge on any atom is -0.492 e. The van der Waals surface area contributed by atoms with Crippen molar-refractivity contribution in [2.24, 2.45) is 0 Å². The Morgan fingerprint density at radius 2 is 2.18 bits per heavy atom. The number of benzene rings is 1. The maximum absolute atomic E-state index is 5.56. The van der Waals surface area contributed by atoms with Gasteiger partial charge in [-0.2, -0.15) is 0 Å². The smallest absolute Gasteiger partial charge is 0.142 e. The van der Waals surface area contributed by atoms with E-state index in [4.69, 9.17) is 4.74 Å². The van der Waals surface area contributed by atoms with Crippen molar-refractivity contribution in [1.29, 1.82) is 0 Å². The van der Waals surface area contributed by atoms with Gasteiger partial charge in [0.05, 0.1) is 12.3 Å². The van der Waals surface area contributed by atoms with E-state index < -0.39 is 0 Å². The van der Waals surface area contributed by atoms with Gasteiger partial charge in [-0.3, -0.25) is 0 Å². The highest BCUT2D eigenvalue weighted by atomic mass is 79.9. The van der Waals surface area contributed by atoms with E-state index in [0.29, 0.717) is 6.61 Å². The molecule has 0 unspecified atom stereocenters. The highest BCUT2D eigenvalue weighted by Gasteiger charge is 2.02. The van der Waals surface area contributed by atoms with Crippen LogP contribution in [0.5, 0.6) is 5.75 Å². The fraction of sp³-hybridized carbons (Fsp3) is 0.231. The summed E-state index contributed by atoms with van der Waals surface area (Å²) < 4.78 is 6.70. The van der Waals surface area contributed by atoms with Gasteiger partial charge in [0.2, 0.25) is 0 Å². The Bertz CT molecular complexity index is 484. The van der Waals surface area contributed by atoms with Crippen LogP contribution in [0.15, 0.2) is 40.2 Å². The molecule has 0 fully saturated rings. The molecule has 1 aromatic carbocycles. The number of rotatable bonds is 5. The van der Waals surface area contributed by atoms with Crippen molar-refractivity contribution in [2.75, 3.05) is 11.9 Å². The summed E-state index contributed by atoms with van der Waals surface area (Å²) in [5, 5.41) is 5.48. The number of hydrogen-bond acceptors (Lipinski definition) is 3. The van der Waals surface area contributed by atoms with Gasteiger partial charge in [0.15, 0.2) is 0 Å². The Labute approximate surface area is 114 Å². The fourth-order valence-electron chi connectivity index (χ4n) is 1.52. The average molecular weight is 312 g/mol. The molecule has 1 aromatic heterocycles. The van der Waals surface area contributed by atoms with Crippen LogP contribution in [0, 0.1) is 0 Å². The number of ether oxygens (including phenoxy) is 1. The molecule has 0 radical (unpaired) electrons. The summed E-state index contributed by atoms with van der Waals surface area (Å²) in [5.74, 6) is 0.908. The molecular weight excluding hydrogens is 298 g/mol. The van der Waals surface area contributed by atoms with Crippen LogP contribution < -0.4 is 10.1 Å². The molecule has 0 bridgehead atoms. The second-order valence-electron chi connectivity index (χ2n) is 3.51. The first-order valence-electron chi connectivity index (χ1n) is 5.48. The zero-order chi connectivity index (χ0) is 12.1. The summed E-state index contributed by atoms with van der Waals surface area (Å²) in [6.45, 7) is 3.50. The molecule has 0 spiro atoms. The molecule has 0 aliphatic carbocycles. The van der Waals surface area contributed by atoms with Crippen molar-refractivity contribution < 1.29 is 4.74 Å². The third kappa shape index (κ3) is 3.48. The Morgan fingerprint density at radius 3 is 2.88 bits per heavy atom. The van der Waals surface area contributed by atoms with E-state index in [1.165, 1.54) is 4.88 Å². The first-order chi connectivity index (χ1) is 8.29. The van der Waals surface area contributed by atoms with E-state index in [1.54, 1.807) is 11.3 Å². The van der Waals surface area contributed by atoms with Gasteiger partial charge >= 0.3 is 0 Å². The lowest BCUT2D eigenvalue weighted by Gasteiger charge is -2.11. The van der Waals surface area contributed by atoms with Crippen LogP contribution in [-0.4, -0.2) is 6.61 Å². The molecule has 1 N–H and O–H groups in total. The van der Waals surface area contributed by atoms with Crippen LogP contribution in [-0.2, 0) is 6.54 Å². The first kappa shape index (κ1) is 12.5. The maximum Gasteiger partial charge on any atom is 0.142 e. The normalized spacial score (nSPS) is 10.2. The van der Waals surface area contributed by atoms with Crippen molar-refractivity contribution in [2.45, 2.75) is 13.5 Å². The van der Waals surface area contributed by atoms with Crippen LogP contribution in [0.2, 0.25) is 0 Å². The zero-order valence-electron chi connectivity index (χ0n) is 9.57. The van der Waals surface area contributed by atoms with Gasteiger partial charge in [-0.25, -0.2) is 0 Å². The highest BCUT2D eigenvalue weighted by molar-refractivity contribution is 9.10. The van der Waals surface area contributed by atoms with E-state index in [1.807, 2.05) is 31.2 Å². The number of hydrogen-bond donors (Lipinski definition) is 1. The standard InChI is InChI=1S/C13H14BrNOS/c1-2-16-13-6-4-3-5-12(13)15-8-11-7-10(14)9-17-11/h3-7,9,15H,2,8H2,1H3. The molecular formula is C13H14BrNOS. The molecule has 1 heterocycles. The van der Waals surface area contributed by atoms with E-state index in [2.05, 4.69) is 32.7 Å². The highest BCUT2D eigenvalue weighted by Crippen LogP contribution is 2.26. The Morgan fingerprint density at radius 1 is 1.35 bits per heavy atom. The molecule has 17 heavy (non-hydrogen) atoms. The second kappa shape index (κ2) is 6.07. The lowest BCUT2D eigenvalue weighted by Crippen LogP contribution is -2.01. The Hall–Kier alpha value is -1.000. The molecule has 0 aliphatic heterocycles. The molecule has 0 saturated carbocycles. The Balaban J connectivity index is 2.03. The van der Waals surface area contributed by atoms with Gasteiger partial charge in [-0.15, -0.1) is 11.3 Å². The van der Waals surface area contributed by atoms with Crippen LogP contribution in [0.4, 0.5) is 5.69 Å². The number of thiophene rings is 1. The summed E-state index contributed by atoms with van der Waals surface area (Å²) in [4.78, 5) is 1.29. The number of nitrogens with one attached hydrogen (secondary N) is 1. The summed E-state index contributed by atoms with van der Waals surface area (Å²) in [6, 6.07) is 10.1. The minimum absolute atomic E-state index is 0.684. The topological polar surface area (TPSA) is 21.3 Å². The van der Waals surface area contributed by atoms with Crippen molar-refractivity contribution in [3.63, 3.8) is 0 Å². The van der Waals surface area contributed by atoms with Crippen molar-refractivity contribution in [1.82, 2.24) is 0 Å². The number of halogens is 1.